The van der Waals surface area contributed by atoms with Crippen LogP contribution < -0.4 is 15.3 Å². The van der Waals surface area contributed by atoms with Crippen molar-refractivity contribution >= 4 is 45.2 Å². The SMILES string of the molecule is CC(=O)[O-].CC(=O)[O-].COC1=CC=C=C[CH]1.O=C([O-])c1ccco1.[Pb]. The van der Waals surface area contributed by atoms with E-state index >= 15 is 0 Å². The van der Waals surface area contributed by atoms with E-state index < -0.39 is 17.9 Å². The summed E-state index contributed by atoms with van der Waals surface area (Å²) in [5.74, 6) is -2.70. The summed E-state index contributed by atoms with van der Waals surface area (Å²) in [6, 6.07) is 2.82. The molecule has 1 aliphatic carbocycles. The van der Waals surface area contributed by atoms with Gasteiger partial charge < -0.3 is 38.9 Å². The first kappa shape index (κ1) is 27.5. The molecule has 135 valence electrons. The zero-order valence-corrected chi connectivity index (χ0v) is 17.7. The number of carboxylic acids is 3. The van der Waals surface area contributed by atoms with Crippen LogP contribution in [0.5, 0.6) is 0 Å². The van der Waals surface area contributed by atoms with E-state index in [9.17, 15) is 9.90 Å². The Morgan fingerprint density at radius 1 is 1.08 bits per heavy atom. The van der Waals surface area contributed by atoms with Gasteiger partial charge in [-0.25, -0.2) is 0 Å². The summed E-state index contributed by atoms with van der Waals surface area (Å²) in [5, 5.41) is 27.6. The fraction of sp³-hybridized carbons (Fsp3) is 0.188. The number of rotatable bonds is 2. The Hall–Kier alpha value is -2.33. The Bertz CT molecular complexity index is 576. The molecule has 5 radical (unpaired) electrons. The smallest absolute Gasteiger partial charge is 0.149 e. The number of aromatic carboxylic acids is 1. The maximum Gasteiger partial charge on any atom is 0.149 e. The molecule has 0 spiro atoms. The van der Waals surface area contributed by atoms with Crippen molar-refractivity contribution in [2.75, 3.05) is 7.11 Å². The number of ether oxygens (including phenoxy) is 1. The Morgan fingerprint density at radius 3 is 1.80 bits per heavy atom. The van der Waals surface area contributed by atoms with Crippen molar-refractivity contribution in [3.63, 3.8) is 0 Å². The first-order valence-electron chi connectivity index (χ1n) is 6.30. The number of carbonyl (C=O) groups is 3. The predicted molar refractivity (Wildman–Crippen MR) is 82.2 cm³/mol. The first-order valence-corrected chi connectivity index (χ1v) is 6.30. The Kier molecular flexibility index (Phi) is 19.8. The molecule has 0 saturated heterocycles. The van der Waals surface area contributed by atoms with E-state index in [2.05, 4.69) is 10.1 Å². The first-order chi connectivity index (χ1) is 11.2. The third-order valence-corrected chi connectivity index (χ3v) is 1.65. The van der Waals surface area contributed by atoms with E-state index in [-0.39, 0.29) is 33.1 Å². The van der Waals surface area contributed by atoms with Gasteiger partial charge in [-0.3, -0.25) is 0 Å². The van der Waals surface area contributed by atoms with Gasteiger partial charge in [-0.2, -0.15) is 0 Å². The van der Waals surface area contributed by atoms with Crippen LogP contribution in [0.25, 0.3) is 0 Å². The van der Waals surface area contributed by atoms with Crippen LogP contribution in [0, 0.1) is 6.42 Å². The molecule has 0 amide bonds. The van der Waals surface area contributed by atoms with Crippen molar-refractivity contribution in [1.82, 2.24) is 0 Å². The van der Waals surface area contributed by atoms with Gasteiger partial charge in [-0.1, -0.05) is 0 Å². The minimum absolute atomic E-state index is 0. The van der Waals surface area contributed by atoms with Gasteiger partial charge in [-0.15, -0.1) is 5.73 Å². The van der Waals surface area contributed by atoms with Crippen LogP contribution in [0.3, 0.4) is 0 Å². The normalized spacial score (nSPS) is 9.96. The number of carboxylic acid groups (broad SMARTS) is 3. The predicted octanol–water partition coefficient (Wildman–Crippen LogP) is -1.78. The van der Waals surface area contributed by atoms with Crippen LogP contribution in [0.2, 0.25) is 0 Å². The number of aliphatic carboxylic acids is 2. The molecule has 1 aromatic rings. The fourth-order valence-electron chi connectivity index (χ4n) is 0.902. The van der Waals surface area contributed by atoms with E-state index in [1.807, 2.05) is 24.6 Å². The van der Waals surface area contributed by atoms with E-state index in [1.165, 1.54) is 18.4 Å². The molecule has 0 aliphatic heterocycles. The van der Waals surface area contributed by atoms with Crippen LogP contribution in [0.15, 0.2) is 52.5 Å². The molecule has 0 N–H and O–H groups in total. The molecule has 8 nitrogen and oxygen atoms in total. The van der Waals surface area contributed by atoms with Gasteiger partial charge in [0.15, 0.2) is 0 Å². The van der Waals surface area contributed by atoms with Crippen molar-refractivity contribution in [3.8, 4) is 0 Å². The Labute approximate surface area is 165 Å². The molecule has 0 aromatic carbocycles. The monoisotopic (exact) mass is 544 g/mol. The van der Waals surface area contributed by atoms with Crippen LogP contribution >= 0.6 is 0 Å². The molecule has 0 bridgehead atoms. The third-order valence-electron chi connectivity index (χ3n) is 1.65. The summed E-state index contributed by atoms with van der Waals surface area (Å²) in [6.07, 6.45) is 8.64. The van der Waals surface area contributed by atoms with Crippen LogP contribution in [0.1, 0.15) is 24.4 Å². The summed E-state index contributed by atoms with van der Waals surface area (Å²) < 4.78 is 9.33. The summed E-state index contributed by atoms with van der Waals surface area (Å²) in [6.45, 7) is 1.94. The van der Waals surface area contributed by atoms with Gasteiger partial charge in [0.25, 0.3) is 0 Å². The average molecular weight is 543 g/mol. The van der Waals surface area contributed by atoms with E-state index in [0.717, 1.165) is 19.6 Å². The molecular weight excluding hydrogens is 527 g/mol. The number of methoxy groups -OCH3 is 1. The fourth-order valence-corrected chi connectivity index (χ4v) is 0.902. The van der Waals surface area contributed by atoms with Gasteiger partial charge in [0.2, 0.25) is 0 Å². The van der Waals surface area contributed by atoms with Crippen LogP contribution in [-0.4, -0.2) is 52.3 Å². The molecule has 9 heteroatoms. The molecule has 0 atom stereocenters. The largest absolute Gasteiger partial charge is 0.550 e. The van der Waals surface area contributed by atoms with E-state index in [1.54, 1.807) is 7.11 Å². The summed E-state index contributed by atoms with van der Waals surface area (Å²) >= 11 is 0. The third kappa shape index (κ3) is 24.1. The Morgan fingerprint density at radius 2 is 1.60 bits per heavy atom. The van der Waals surface area contributed by atoms with Crippen molar-refractivity contribution < 1.29 is 38.9 Å². The summed E-state index contributed by atoms with van der Waals surface area (Å²) in [7, 11) is 1.65. The summed E-state index contributed by atoms with van der Waals surface area (Å²) in [4.78, 5) is 27.6. The van der Waals surface area contributed by atoms with Crippen molar-refractivity contribution in [2.45, 2.75) is 13.8 Å². The standard InChI is InChI=1S/C7H7O.C5H4O3.2C2H4O2.Pb/c1-8-7-5-3-2-4-6-7;6-5(7)4-2-1-3-8-4;2*1-2(3)4;/h3-6H,1H3;1-3H,(H,6,7);2*1H3,(H,3,4);/p-3. The molecule has 0 saturated carbocycles. The zero-order valence-electron chi connectivity index (χ0n) is 13.8. The molecule has 25 heavy (non-hydrogen) atoms. The van der Waals surface area contributed by atoms with Crippen molar-refractivity contribution in [3.05, 3.63) is 60.3 Å². The van der Waals surface area contributed by atoms with Crippen LogP contribution in [0.4, 0.5) is 0 Å². The minimum atomic E-state index is -1.28. The molecule has 1 heterocycles. The summed E-state index contributed by atoms with van der Waals surface area (Å²) in [5.41, 5.74) is 2.89. The van der Waals surface area contributed by atoms with Gasteiger partial charge in [0, 0.05) is 39.2 Å². The van der Waals surface area contributed by atoms with Gasteiger partial charge in [-0.05, 0) is 44.2 Å². The van der Waals surface area contributed by atoms with Gasteiger partial charge >= 0.3 is 0 Å². The number of furan rings is 1. The number of hydrogen-bond donors (Lipinski definition) is 0. The molecule has 0 unspecified atom stereocenters. The Balaban J connectivity index is -0.000000270. The molecule has 1 aliphatic rings. The second kappa shape index (κ2) is 18.0. The van der Waals surface area contributed by atoms with Crippen molar-refractivity contribution in [2.24, 2.45) is 0 Å². The maximum atomic E-state index is 9.86. The van der Waals surface area contributed by atoms with E-state index in [4.69, 9.17) is 24.5 Å². The average Bonchev–Trinajstić information content (AvgIpc) is 3.02. The van der Waals surface area contributed by atoms with E-state index in [0.29, 0.717) is 0 Å². The van der Waals surface area contributed by atoms with Crippen molar-refractivity contribution in [1.29, 1.82) is 0 Å². The quantitative estimate of drug-likeness (QED) is 0.315. The molecule has 2 rings (SSSR count). The molecule has 0 fully saturated rings. The number of allylic oxidation sites excluding steroid dienone is 2. The topological polar surface area (TPSA) is 143 Å². The van der Waals surface area contributed by atoms with Gasteiger partial charge in [0.05, 0.1) is 19.8 Å². The number of carbonyl (C=O) groups excluding carboxylic acids is 3. The second-order valence-corrected chi connectivity index (χ2v) is 3.69. The molecule has 1 aromatic heterocycles. The van der Waals surface area contributed by atoms with Gasteiger partial charge in [0.1, 0.15) is 17.5 Å². The van der Waals surface area contributed by atoms with Crippen LogP contribution in [-0.2, 0) is 14.3 Å². The second-order valence-electron chi connectivity index (χ2n) is 3.69. The number of hydrogen-bond acceptors (Lipinski definition) is 8. The maximum absolute atomic E-state index is 9.86. The molecular formula is C16H16O8Pb-3. The zero-order chi connectivity index (χ0) is 19.0. The minimum Gasteiger partial charge on any atom is -0.550 e.